The predicted octanol–water partition coefficient (Wildman–Crippen LogP) is 2.30. The second kappa shape index (κ2) is 5.25. The Bertz CT molecular complexity index is 518. The van der Waals surface area contributed by atoms with Crippen molar-refractivity contribution in [2.75, 3.05) is 0 Å². The van der Waals surface area contributed by atoms with Crippen LogP contribution in [0, 0.1) is 6.92 Å². The van der Waals surface area contributed by atoms with Gasteiger partial charge in [-0.1, -0.05) is 30.3 Å². The Kier molecular flexibility index (Phi) is 3.50. The third-order valence-electron chi connectivity index (χ3n) is 2.56. The maximum absolute atomic E-state index is 5.97. The molecule has 1 aromatic carbocycles. The minimum absolute atomic E-state index is 0.515. The van der Waals surface area contributed by atoms with Crippen molar-refractivity contribution in [2.24, 2.45) is 10.7 Å². The van der Waals surface area contributed by atoms with Crippen molar-refractivity contribution in [3.63, 3.8) is 0 Å². The summed E-state index contributed by atoms with van der Waals surface area (Å²) in [5.41, 5.74) is 9.01. The van der Waals surface area contributed by atoms with Gasteiger partial charge < -0.3 is 5.73 Å². The van der Waals surface area contributed by atoms with Crippen LogP contribution in [0.2, 0.25) is 0 Å². The fourth-order valence-corrected chi connectivity index (χ4v) is 1.60. The monoisotopic (exact) mass is 225 g/mol. The van der Waals surface area contributed by atoms with Gasteiger partial charge in [0.25, 0.3) is 0 Å². The largest absolute Gasteiger partial charge is 0.383 e. The highest BCUT2D eigenvalue weighted by atomic mass is 14.9. The maximum atomic E-state index is 5.97. The van der Waals surface area contributed by atoms with Crippen LogP contribution in [0.15, 0.2) is 53.7 Å². The summed E-state index contributed by atoms with van der Waals surface area (Å²) >= 11 is 0. The third-order valence-corrected chi connectivity index (χ3v) is 2.56. The van der Waals surface area contributed by atoms with Gasteiger partial charge in [0.15, 0.2) is 0 Å². The number of nitrogens with zero attached hydrogens (tertiary/aromatic N) is 2. The van der Waals surface area contributed by atoms with Crippen molar-refractivity contribution in [1.82, 2.24) is 4.98 Å². The first kappa shape index (κ1) is 11.3. The highest BCUT2D eigenvalue weighted by Gasteiger charge is 2.01. The van der Waals surface area contributed by atoms with Gasteiger partial charge in [-0.3, -0.25) is 9.98 Å². The van der Waals surface area contributed by atoms with Gasteiger partial charge in [-0.25, -0.2) is 0 Å². The van der Waals surface area contributed by atoms with Crippen molar-refractivity contribution in [3.05, 3.63) is 65.5 Å². The van der Waals surface area contributed by atoms with E-state index in [0.717, 1.165) is 16.8 Å². The topological polar surface area (TPSA) is 51.3 Å². The van der Waals surface area contributed by atoms with Gasteiger partial charge in [0.1, 0.15) is 5.84 Å². The molecule has 0 aliphatic carbocycles. The first-order chi connectivity index (χ1) is 8.27. The van der Waals surface area contributed by atoms with E-state index in [1.54, 1.807) is 6.20 Å². The maximum Gasteiger partial charge on any atom is 0.126 e. The zero-order valence-corrected chi connectivity index (χ0v) is 9.80. The minimum atomic E-state index is 0.515. The van der Waals surface area contributed by atoms with Crippen molar-refractivity contribution in [2.45, 2.75) is 13.5 Å². The molecule has 2 N–H and O–H groups in total. The Labute approximate surface area is 101 Å². The molecule has 2 rings (SSSR count). The molecule has 1 aromatic heterocycles. The molecule has 0 atom stereocenters. The lowest BCUT2D eigenvalue weighted by Crippen LogP contribution is -2.15. The van der Waals surface area contributed by atoms with Crippen LogP contribution < -0.4 is 5.73 Å². The summed E-state index contributed by atoms with van der Waals surface area (Å²) in [6, 6.07) is 13.7. The van der Waals surface area contributed by atoms with E-state index < -0.39 is 0 Å². The Morgan fingerprint density at radius 2 is 1.94 bits per heavy atom. The molecule has 0 saturated heterocycles. The number of benzene rings is 1. The molecule has 86 valence electrons. The molecule has 0 spiro atoms. The Balaban J connectivity index is 2.16. The smallest absolute Gasteiger partial charge is 0.126 e. The number of aliphatic imine (C=N–C) groups is 1. The highest BCUT2D eigenvalue weighted by Crippen LogP contribution is 2.07. The second-order valence-electron chi connectivity index (χ2n) is 3.84. The predicted molar refractivity (Wildman–Crippen MR) is 69.8 cm³/mol. The number of aryl methyl sites for hydroxylation is 1. The van der Waals surface area contributed by atoms with Crippen LogP contribution in [-0.2, 0) is 6.54 Å². The standard InChI is InChI=1S/C14H15N3/c1-11-6-2-3-8-13(11)14(15)17-10-12-7-4-5-9-16-12/h2-9H,10H2,1H3,(H2,15,17). The van der Waals surface area contributed by atoms with Gasteiger partial charge in [0, 0.05) is 11.8 Å². The van der Waals surface area contributed by atoms with Crippen LogP contribution in [-0.4, -0.2) is 10.8 Å². The Hall–Kier alpha value is -2.16. The summed E-state index contributed by atoms with van der Waals surface area (Å²) in [5.74, 6) is 0.564. The Morgan fingerprint density at radius 1 is 1.18 bits per heavy atom. The molecule has 3 heteroatoms. The number of aromatic nitrogens is 1. The van der Waals surface area contributed by atoms with Gasteiger partial charge in [0.2, 0.25) is 0 Å². The molecular weight excluding hydrogens is 210 g/mol. The van der Waals surface area contributed by atoms with E-state index in [-0.39, 0.29) is 0 Å². The summed E-state index contributed by atoms with van der Waals surface area (Å²) < 4.78 is 0. The molecule has 3 nitrogen and oxygen atoms in total. The lowest BCUT2D eigenvalue weighted by Gasteiger charge is -2.04. The van der Waals surface area contributed by atoms with Gasteiger partial charge >= 0.3 is 0 Å². The van der Waals surface area contributed by atoms with E-state index in [1.807, 2.05) is 49.4 Å². The molecule has 2 aromatic rings. The van der Waals surface area contributed by atoms with Gasteiger partial charge in [-0.05, 0) is 24.6 Å². The van der Waals surface area contributed by atoms with E-state index >= 15 is 0 Å². The van der Waals surface area contributed by atoms with E-state index in [4.69, 9.17) is 5.73 Å². The van der Waals surface area contributed by atoms with Crippen LogP contribution in [0.25, 0.3) is 0 Å². The molecule has 0 unspecified atom stereocenters. The van der Waals surface area contributed by atoms with Gasteiger partial charge in [0.05, 0.1) is 12.2 Å². The van der Waals surface area contributed by atoms with Crippen LogP contribution in [0.3, 0.4) is 0 Å². The van der Waals surface area contributed by atoms with Crippen LogP contribution in [0.1, 0.15) is 16.8 Å². The Morgan fingerprint density at radius 3 is 2.65 bits per heavy atom. The van der Waals surface area contributed by atoms with E-state index in [9.17, 15) is 0 Å². The number of hydrogen-bond donors (Lipinski definition) is 1. The summed E-state index contributed by atoms with van der Waals surface area (Å²) in [6.07, 6.45) is 1.76. The lowest BCUT2D eigenvalue weighted by atomic mass is 10.1. The van der Waals surface area contributed by atoms with Crippen LogP contribution in [0.4, 0.5) is 0 Å². The van der Waals surface area contributed by atoms with Gasteiger partial charge in [-0.2, -0.15) is 0 Å². The molecule has 0 aliphatic heterocycles. The second-order valence-corrected chi connectivity index (χ2v) is 3.84. The summed E-state index contributed by atoms with van der Waals surface area (Å²) in [7, 11) is 0. The number of hydrogen-bond acceptors (Lipinski definition) is 2. The fraction of sp³-hybridized carbons (Fsp3) is 0.143. The molecule has 0 bridgehead atoms. The highest BCUT2D eigenvalue weighted by molar-refractivity contribution is 5.98. The molecule has 17 heavy (non-hydrogen) atoms. The average Bonchev–Trinajstić information content (AvgIpc) is 2.38. The summed E-state index contributed by atoms with van der Waals surface area (Å²) in [4.78, 5) is 8.56. The normalized spacial score (nSPS) is 11.5. The molecule has 0 radical (unpaired) electrons. The molecule has 0 saturated carbocycles. The minimum Gasteiger partial charge on any atom is -0.383 e. The fourth-order valence-electron chi connectivity index (χ4n) is 1.60. The molecule has 0 fully saturated rings. The van der Waals surface area contributed by atoms with Crippen molar-refractivity contribution in [3.8, 4) is 0 Å². The van der Waals surface area contributed by atoms with E-state index in [1.165, 1.54) is 0 Å². The van der Waals surface area contributed by atoms with E-state index in [2.05, 4.69) is 9.98 Å². The summed E-state index contributed by atoms with van der Waals surface area (Å²) in [5, 5.41) is 0. The zero-order chi connectivity index (χ0) is 12.1. The molecule has 0 amide bonds. The molecule has 1 heterocycles. The number of amidine groups is 1. The van der Waals surface area contributed by atoms with E-state index in [0.29, 0.717) is 12.4 Å². The third kappa shape index (κ3) is 2.91. The number of nitrogens with two attached hydrogens (primary N) is 1. The zero-order valence-electron chi connectivity index (χ0n) is 9.80. The molecule has 0 aliphatic rings. The summed E-state index contributed by atoms with van der Waals surface area (Å²) in [6.45, 7) is 2.54. The van der Waals surface area contributed by atoms with Crippen molar-refractivity contribution in [1.29, 1.82) is 0 Å². The lowest BCUT2D eigenvalue weighted by molar-refractivity contribution is 0.986. The number of pyridine rings is 1. The van der Waals surface area contributed by atoms with Crippen LogP contribution >= 0.6 is 0 Å². The van der Waals surface area contributed by atoms with Crippen LogP contribution in [0.5, 0.6) is 0 Å². The van der Waals surface area contributed by atoms with Crippen molar-refractivity contribution < 1.29 is 0 Å². The average molecular weight is 225 g/mol. The first-order valence-corrected chi connectivity index (χ1v) is 5.53. The first-order valence-electron chi connectivity index (χ1n) is 5.53. The van der Waals surface area contributed by atoms with Crippen molar-refractivity contribution >= 4 is 5.84 Å². The quantitative estimate of drug-likeness (QED) is 0.643. The SMILES string of the molecule is Cc1ccccc1C(N)=NCc1ccccn1. The number of rotatable bonds is 3. The molecular formula is C14H15N3. The van der Waals surface area contributed by atoms with Gasteiger partial charge in [-0.15, -0.1) is 0 Å².